The first-order valence-electron chi connectivity index (χ1n) is 17.7. The van der Waals surface area contributed by atoms with Crippen LogP contribution in [0.25, 0.3) is 103 Å². The van der Waals surface area contributed by atoms with Crippen LogP contribution in [0, 0.1) is 11.3 Å². The molecule has 0 spiro atoms. The molecule has 0 aliphatic heterocycles. The summed E-state index contributed by atoms with van der Waals surface area (Å²) in [7, 11) is 0. The third kappa shape index (κ3) is 4.52. The van der Waals surface area contributed by atoms with Crippen molar-refractivity contribution in [3.8, 4) is 45.1 Å². The van der Waals surface area contributed by atoms with Gasteiger partial charge in [-0.25, -0.2) is 0 Å². The topological polar surface area (TPSA) is 41.9 Å². The lowest BCUT2D eigenvalue weighted by Gasteiger charge is -2.17. The smallest absolute Gasteiger partial charge is 0.137 e. The van der Waals surface area contributed by atoms with Crippen molar-refractivity contribution in [3.63, 3.8) is 0 Å². The van der Waals surface area contributed by atoms with Gasteiger partial charge in [-0.05, 0) is 94.5 Å². The highest BCUT2D eigenvalue weighted by Crippen LogP contribution is 2.44. The normalized spacial score (nSPS) is 11.8. The molecule has 0 atom stereocenters. The molecule has 0 saturated heterocycles. The number of furan rings is 1. The molecule has 53 heavy (non-hydrogen) atoms. The minimum atomic E-state index is 0.658. The Morgan fingerprint density at radius 3 is 2.09 bits per heavy atom. The molecule has 11 aromatic rings. The lowest BCUT2D eigenvalue weighted by atomic mass is 9.90. The molecule has 0 unspecified atom stereocenters. The SMILES string of the molecule is N#Cc1ccc(-c2ccc(-n3c4ccccc4c4ccc5oc6ccccc6c5c43)cc2-c2ccc3sc4ccccc4c3c2)cc1-c1ccccc1. The highest BCUT2D eigenvalue weighted by Gasteiger charge is 2.21. The van der Waals surface area contributed by atoms with E-state index in [0.717, 1.165) is 72.0 Å². The summed E-state index contributed by atoms with van der Waals surface area (Å²) in [4.78, 5) is 0. The van der Waals surface area contributed by atoms with E-state index < -0.39 is 0 Å². The Morgan fingerprint density at radius 2 is 1.21 bits per heavy atom. The number of nitriles is 1. The molecule has 8 aromatic carbocycles. The summed E-state index contributed by atoms with van der Waals surface area (Å²) in [6.45, 7) is 0. The zero-order valence-corrected chi connectivity index (χ0v) is 29.2. The third-order valence-electron chi connectivity index (χ3n) is 10.7. The molecule has 0 bridgehead atoms. The minimum absolute atomic E-state index is 0.658. The van der Waals surface area contributed by atoms with E-state index in [2.05, 4.69) is 144 Å². The summed E-state index contributed by atoms with van der Waals surface area (Å²) in [5, 5.41) is 17.3. The maximum Gasteiger partial charge on any atom is 0.137 e. The van der Waals surface area contributed by atoms with Gasteiger partial charge in [0.2, 0.25) is 0 Å². The van der Waals surface area contributed by atoms with Gasteiger partial charge in [0.15, 0.2) is 0 Å². The summed E-state index contributed by atoms with van der Waals surface area (Å²) >= 11 is 1.83. The number of para-hydroxylation sites is 2. The van der Waals surface area contributed by atoms with Gasteiger partial charge >= 0.3 is 0 Å². The Bertz CT molecular complexity index is 3300. The second kappa shape index (κ2) is 11.5. The van der Waals surface area contributed by atoms with E-state index in [9.17, 15) is 5.26 Å². The fraction of sp³-hybridized carbons (Fsp3) is 0. The van der Waals surface area contributed by atoms with Crippen LogP contribution in [-0.4, -0.2) is 4.57 Å². The molecular formula is C49H28N2OS. The van der Waals surface area contributed by atoms with Gasteiger partial charge in [-0.3, -0.25) is 0 Å². The van der Waals surface area contributed by atoms with Crippen molar-refractivity contribution in [2.75, 3.05) is 0 Å². The quantitative estimate of drug-likeness (QED) is 0.184. The zero-order valence-electron chi connectivity index (χ0n) is 28.4. The summed E-state index contributed by atoms with van der Waals surface area (Å²) in [6, 6.07) is 62.5. The Labute approximate surface area is 308 Å². The third-order valence-corrected chi connectivity index (χ3v) is 11.8. The molecule has 0 fully saturated rings. The predicted octanol–water partition coefficient (Wildman–Crippen LogP) is 13.9. The molecule has 246 valence electrons. The lowest BCUT2D eigenvalue weighted by molar-refractivity contribution is 0.669. The highest BCUT2D eigenvalue weighted by atomic mass is 32.1. The maximum absolute atomic E-state index is 10.1. The fourth-order valence-corrected chi connectivity index (χ4v) is 9.34. The standard InChI is InChI=1S/C49H28N2OS/c50-29-33-19-18-31(26-40(33)30-10-2-1-3-11-30)35-22-21-34(28-41(35)32-20-25-47-42(27-32)37-13-6-9-17-46(37)53-47)51-43-15-7-4-12-36(43)38-23-24-45-48(49(38)51)39-14-5-8-16-44(39)52-45/h1-28H. The average molecular weight is 693 g/mol. The molecule has 0 aliphatic carbocycles. The number of benzene rings is 8. The number of aromatic nitrogens is 1. The van der Waals surface area contributed by atoms with Gasteiger partial charge in [0.25, 0.3) is 0 Å². The first-order chi connectivity index (χ1) is 26.2. The van der Waals surface area contributed by atoms with Crippen LogP contribution in [0.15, 0.2) is 174 Å². The van der Waals surface area contributed by atoms with Gasteiger partial charge in [0.05, 0.1) is 28.1 Å². The van der Waals surface area contributed by atoms with Crippen molar-refractivity contribution in [1.29, 1.82) is 5.26 Å². The molecule has 11 rings (SSSR count). The van der Waals surface area contributed by atoms with Gasteiger partial charge in [-0.1, -0.05) is 103 Å². The first kappa shape index (κ1) is 29.8. The number of nitrogens with zero attached hydrogens (tertiary/aromatic N) is 2. The van der Waals surface area contributed by atoms with E-state index in [-0.39, 0.29) is 0 Å². The largest absolute Gasteiger partial charge is 0.456 e. The van der Waals surface area contributed by atoms with Gasteiger partial charge in [0, 0.05) is 47.6 Å². The number of rotatable bonds is 4. The second-order valence-electron chi connectivity index (χ2n) is 13.6. The van der Waals surface area contributed by atoms with Crippen molar-refractivity contribution in [2.24, 2.45) is 0 Å². The van der Waals surface area contributed by atoms with E-state index in [1.54, 1.807) is 0 Å². The average Bonchev–Trinajstić information content (AvgIpc) is 3.90. The Hall–Kier alpha value is -6.93. The fourth-order valence-electron chi connectivity index (χ4n) is 8.25. The van der Waals surface area contributed by atoms with Crippen molar-refractivity contribution in [3.05, 3.63) is 175 Å². The molecule has 3 heterocycles. The van der Waals surface area contributed by atoms with Crippen LogP contribution in [0.1, 0.15) is 5.56 Å². The van der Waals surface area contributed by atoms with E-state index in [0.29, 0.717) is 5.56 Å². The number of hydrogen-bond donors (Lipinski definition) is 0. The van der Waals surface area contributed by atoms with E-state index >= 15 is 0 Å². The van der Waals surface area contributed by atoms with Crippen LogP contribution < -0.4 is 0 Å². The van der Waals surface area contributed by atoms with Crippen LogP contribution in [0.2, 0.25) is 0 Å². The summed E-state index contributed by atoms with van der Waals surface area (Å²) in [6.07, 6.45) is 0. The number of hydrogen-bond acceptors (Lipinski definition) is 3. The summed E-state index contributed by atoms with van der Waals surface area (Å²) in [5.74, 6) is 0. The monoisotopic (exact) mass is 692 g/mol. The molecule has 4 heteroatoms. The van der Waals surface area contributed by atoms with Crippen LogP contribution in [0.4, 0.5) is 0 Å². The maximum atomic E-state index is 10.1. The molecule has 0 saturated carbocycles. The van der Waals surface area contributed by atoms with Crippen LogP contribution in [0.5, 0.6) is 0 Å². The predicted molar refractivity (Wildman–Crippen MR) is 222 cm³/mol. The number of thiophene rings is 1. The summed E-state index contributed by atoms with van der Waals surface area (Å²) in [5.41, 5.74) is 12.1. The van der Waals surface area contributed by atoms with E-state index in [1.165, 1.54) is 30.9 Å². The van der Waals surface area contributed by atoms with Crippen LogP contribution in [-0.2, 0) is 0 Å². The molecule has 0 aliphatic rings. The Kier molecular flexibility index (Phi) is 6.48. The van der Waals surface area contributed by atoms with Crippen molar-refractivity contribution >= 4 is 75.3 Å². The van der Waals surface area contributed by atoms with Gasteiger partial charge in [-0.2, -0.15) is 5.26 Å². The van der Waals surface area contributed by atoms with Crippen molar-refractivity contribution in [1.82, 2.24) is 4.57 Å². The molecule has 0 N–H and O–H groups in total. The first-order valence-corrected chi connectivity index (χ1v) is 18.5. The van der Waals surface area contributed by atoms with E-state index in [1.807, 2.05) is 47.7 Å². The number of fused-ring (bicyclic) bond motifs is 10. The van der Waals surface area contributed by atoms with Gasteiger partial charge < -0.3 is 8.98 Å². The van der Waals surface area contributed by atoms with Crippen molar-refractivity contribution in [2.45, 2.75) is 0 Å². The van der Waals surface area contributed by atoms with Crippen LogP contribution in [0.3, 0.4) is 0 Å². The highest BCUT2D eigenvalue weighted by molar-refractivity contribution is 7.25. The lowest BCUT2D eigenvalue weighted by Crippen LogP contribution is -1.97. The second-order valence-corrected chi connectivity index (χ2v) is 14.6. The molecule has 0 amide bonds. The summed E-state index contributed by atoms with van der Waals surface area (Å²) < 4.78 is 11.4. The van der Waals surface area contributed by atoms with Crippen molar-refractivity contribution < 1.29 is 4.42 Å². The molecule has 3 nitrogen and oxygen atoms in total. The van der Waals surface area contributed by atoms with Gasteiger partial charge in [0.1, 0.15) is 11.2 Å². The zero-order chi connectivity index (χ0) is 35.0. The molecular weight excluding hydrogens is 665 g/mol. The van der Waals surface area contributed by atoms with Crippen LogP contribution >= 0.6 is 11.3 Å². The minimum Gasteiger partial charge on any atom is -0.456 e. The van der Waals surface area contributed by atoms with Gasteiger partial charge in [-0.15, -0.1) is 11.3 Å². The Morgan fingerprint density at radius 1 is 0.472 bits per heavy atom. The Balaban J connectivity index is 1.23. The van der Waals surface area contributed by atoms with E-state index in [4.69, 9.17) is 4.42 Å². The molecule has 0 radical (unpaired) electrons. The molecule has 3 aromatic heterocycles.